The summed E-state index contributed by atoms with van der Waals surface area (Å²) in [6.07, 6.45) is 4.98. The van der Waals surface area contributed by atoms with Crippen LogP contribution in [0.4, 0.5) is 5.69 Å². The zero-order chi connectivity index (χ0) is 23.8. The van der Waals surface area contributed by atoms with Crippen LogP contribution in [0.5, 0.6) is 0 Å². The van der Waals surface area contributed by atoms with Crippen LogP contribution in [0.15, 0.2) is 54.6 Å². The minimum atomic E-state index is -0.387. The van der Waals surface area contributed by atoms with E-state index in [1.165, 1.54) is 5.01 Å². The molecule has 1 saturated heterocycles. The lowest BCUT2D eigenvalue weighted by atomic mass is 9.80. The van der Waals surface area contributed by atoms with Gasteiger partial charge in [0.1, 0.15) is 0 Å². The Hall–Kier alpha value is -2.83. The predicted molar refractivity (Wildman–Crippen MR) is 129 cm³/mol. The highest BCUT2D eigenvalue weighted by Gasteiger charge is 2.42. The average Bonchev–Trinajstić information content (AvgIpc) is 2.81. The van der Waals surface area contributed by atoms with Crippen LogP contribution < -0.4 is 15.8 Å². The standard InChI is InChI=1S/C25H25Cl2N3O3/c1-25(2,16-10-11-20(26)21(27)13-16)14-28-22(31)15-6-5-7-17(12-15)30-24(33)19-9-4-3-8-18(19)23(32)29-30/h3-7,10-13,18-19H,8-9,14H2,1-2H3,(H,28,31)(H,29,32). The van der Waals surface area contributed by atoms with Crippen molar-refractivity contribution in [2.24, 2.45) is 11.8 Å². The molecule has 3 amide bonds. The highest BCUT2D eigenvalue weighted by Crippen LogP contribution is 2.33. The largest absolute Gasteiger partial charge is 0.351 e. The fourth-order valence-corrected chi connectivity index (χ4v) is 4.49. The first-order chi connectivity index (χ1) is 15.7. The van der Waals surface area contributed by atoms with E-state index in [1.54, 1.807) is 36.4 Å². The van der Waals surface area contributed by atoms with E-state index in [2.05, 4.69) is 10.7 Å². The summed E-state index contributed by atoms with van der Waals surface area (Å²) in [7, 11) is 0. The predicted octanol–water partition coefficient (Wildman–Crippen LogP) is 4.66. The minimum absolute atomic E-state index is 0.165. The second-order valence-electron chi connectivity index (χ2n) is 9.05. The summed E-state index contributed by atoms with van der Waals surface area (Å²) in [6.45, 7) is 4.37. The Morgan fingerprint density at radius 1 is 1.06 bits per heavy atom. The summed E-state index contributed by atoms with van der Waals surface area (Å²) in [5, 5.41) is 5.16. The molecular weight excluding hydrogens is 461 g/mol. The molecule has 2 N–H and O–H groups in total. The molecule has 1 heterocycles. The van der Waals surface area contributed by atoms with E-state index in [-0.39, 0.29) is 35.0 Å². The van der Waals surface area contributed by atoms with Crippen LogP contribution in [0.2, 0.25) is 10.0 Å². The summed E-state index contributed by atoms with van der Waals surface area (Å²) in [5.41, 5.74) is 4.10. The van der Waals surface area contributed by atoms with Crippen molar-refractivity contribution in [1.82, 2.24) is 10.7 Å². The second-order valence-corrected chi connectivity index (χ2v) is 9.87. The molecule has 33 heavy (non-hydrogen) atoms. The minimum Gasteiger partial charge on any atom is -0.351 e. The quantitative estimate of drug-likeness (QED) is 0.604. The van der Waals surface area contributed by atoms with E-state index in [1.807, 2.05) is 32.1 Å². The number of allylic oxidation sites excluding steroid dienone is 2. The number of carbonyl (C=O) groups excluding carboxylic acids is 3. The fourth-order valence-electron chi connectivity index (χ4n) is 4.19. The molecule has 2 aromatic carbocycles. The molecule has 6 nitrogen and oxygen atoms in total. The van der Waals surface area contributed by atoms with Crippen LogP contribution in [0.1, 0.15) is 42.6 Å². The maximum Gasteiger partial charge on any atom is 0.251 e. The van der Waals surface area contributed by atoms with E-state index in [0.717, 1.165) is 5.56 Å². The molecule has 8 heteroatoms. The van der Waals surface area contributed by atoms with Gasteiger partial charge < -0.3 is 5.32 Å². The molecule has 2 atom stereocenters. The Balaban J connectivity index is 1.48. The molecule has 0 aromatic heterocycles. The smallest absolute Gasteiger partial charge is 0.251 e. The van der Waals surface area contributed by atoms with Crippen LogP contribution in [0, 0.1) is 11.8 Å². The van der Waals surface area contributed by atoms with Gasteiger partial charge >= 0.3 is 0 Å². The van der Waals surface area contributed by atoms with E-state index in [0.29, 0.717) is 40.7 Å². The van der Waals surface area contributed by atoms with Gasteiger partial charge in [0.25, 0.3) is 5.91 Å². The van der Waals surface area contributed by atoms with Crippen LogP contribution in [-0.4, -0.2) is 24.3 Å². The van der Waals surface area contributed by atoms with Crippen LogP contribution in [-0.2, 0) is 15.0 Å². The molecule has 0 saturated carbocycles. The molecule has 2 aromatic rings. The Labute approximate surface area is 202 Å². The number of anilines is 1. The number of rotatable bonds is 5. The van der Waals surface area contributed by atoms with Crippen molar-refractivity contribution < 1.29 is 14.4 Å². The number of benzene rings is 2. The van der Waals surface area contributed by atoms with Crippen LogP contribution >= 0.6 is 23.2 Å². The first-order valence-electron chi connectivity index (χ1n) is 10.8. The lowest BCUT2D eigenvalue weighted by Crippen LogP contribution is -2.59. The van der Waals surface area contributed by atoms with Crippen molar-refractivity contribution in [2.75, 3.05) is 11.6 Å². The highest BCUT2D eigenvalue weighted by molar-refractivity contribution is 6.42. The monoisotopic (exact) mass is 485 g/mol. The highest BCUT2D eigenvalue weighted by atomic mass is 35.5. The first-order valence-corrected chi connectivity index (χ1v) is 11.6. The molecule has 172 valence electrons. The van der Waals surface area contributed by atoms with Crippen molar-refractivity contribution >= 4 is 46.6 Å². The zero-order valence-electron chi connectivity index (χ0n) is 18.4. The molecular formula is C25H25Cl2N3O3. The first kappa shape index (κ1) is 23.3. The maximum atomic E-state index is 13.0. The van der Waals surface area contributed by atoms with E-state index < -0.39 is 0 Å². The number of carbonyl (C=O) groups is 3. The van der Waals surface area contributed by atoms with Crippen LogP contribution in [0.25, 0.3) is 0 Å². The van der Waals surface area contributed by atoms with Gasteiger partial charge in [-0.1, -0.05) is 61.3 Å². The normalized spacial score (nSPS) is 20.3. The van der Waals surface area contributed by atoms with Gasteiger partial charge in [0.2, 0.25) is 11.8 Å². The van der Waals surface area contributed by atoms with Crippen molar-refractivity contribution in [1.29, 1.82) is 0 Å². The van der Waals surface area contributed by atoms with Crippen molar-refractivity contribution in [3.05, 3.63) is 75.8 Å². The molecule has 2 aliphatic rings. The SMILES string of the molecule is CC(C)(CNC(=O)c1cccc(N2NC(=O)C3CC=CCC3C2=O)c1)c1ccc(Cl)c(Cl)c1. The fraction of sp³-hybridized carbons (Fsp3) is 0.320. The molecule has 1 fully saturated rings. The van der Waals surface area contributed by atoms with E-state index in [9.17, 15) is 14.4 Å². The molecule has 4 rings (SSSR count). The van der Waals surface area contributed by atoms with Gasteiger partial charge in [0, 0.05) is 17.5 Å². The van der Waals surface area contributed by atoms with Crippen molar-refractivity contribution in [2.45, 2.75) is 32.1 Å². The maximum absolute atomic E-state index is 13.0. The van der Waals surface area contributed by atoms with Gasteiger partial charge in [-0.2, -0.15) is 0 Å². The van der Waals surface area contributed by atoms with Gasteiger partial charge in [-0.25, -0.2) is 5.01 Å². The molecule has 0 spiro atoms. The molecule has 0 bridgehead atoms. The zero-order valence-corrected chi connectivity index (χ0v) is 19.9. The van der Waals surface area contributed by atoms with Crippen molar-refractivity contribution in [3.63, 3.8) is 0 Å². The number of halogens is 2. The third-order valence-electron chi connectivity index (χ3n) is 6.29. The number of hydrogen-bond acceptors (Lipinski definition) is 3. The number of nitrogens with zero attached hydrogens (tertiary/aromatic N) is 1. The van der Waals surface area contributed by atoms with Crippen molar-refractivity contribution in [3.8, 4) is 0 Å². The lowest BCUT2D eigenvalue weighted by Gasteiger charge is -2.38. The molecule has 2 unspecified atom stereocenters. The third-order valence-corrected chi connectivity index (χ3v) is 7.03. The van der Waals surface area contributed by atoms with E-state index in [4.69, 9.17) is 23.2 Å². The summed E-state index contributed by atoms with van der Waals surface area (Å²) in [6, 6.07) is 12.1. The topological polar surface area (TPSA) is 78.5 Å². The summed E-state index contributed by atoms with van der Waals surface area (Å²) in [4.78, 5) is 38.4. The van der Waals surface area contributed by atoms with Gasteiger partial charge in [0.15, 0.2) is 0 Å². The summed E-state index contributed by atoms with van der Waals surface area (Å²) >= 11 is 12.2. The molecule has 1 aliphatic heterocycles. The van der Waals surface area contributed by atoms with Gasteiger partial charge in [-0.05, 0) is 48.7 Å². The van der Waals surface area contributed by atoms with Crippen LogP contribution in [0.3, 0.4) is 0 Å². The Kier molecular flexibility index (Phi) is 6.50. The average molecular weight is 486 g/mol. The number of nitrogens with one attached hydrogen (secondary N) is 2. The number of hydrazine groups is 1. The summed E-state index contributed by atoms with van der Waals surface area (Å²) in [5.74, 6) is -1.34. The third kappa shape index (κ3) is 4.77. The number of hydrogen-bond donors (Lipinski definition) is 2. The molecule has 0 radical (unpaired) electrons. The Morgan fingerprint density at radius 2 is 1.79 bits per heavy atom. The molecule has 1 aliphatic carbocycles. The van der Waals surface area contributed by atoms with Gasteiger partial charge in [-0.15, -0.1) is 0 Å². The van der Waals surface area contributed by atoms with Gasteiger partial charge in [-0.3, -0.25) is 19.8 Å². The van der Waals surface area contributed by atoms with Gasteiger partial charge in [0.05, 0.1) is 27.6 Å². The van der Waals surface area contributed by atoms with E-state index >= 15 is 0 Å². The Bertz CT molecular complexity index is 1150. The lowest BCUT2D eigenvalue weighted by molar-refractivity contribution is -0.139. The number of fused-ring (bicyclic) bond motifs is 1. The number of amides is 3. The Morgan fingerprint density at radius 3 is 2.52 bits per heavy atom. The summed E-state index contributed by atoms with van der Waals surface area (Å²) < 4.78 is 0. The second kappa shape index (κ2) is 9.20.